The van der Waals surface area contributed by atoms with Gasteiger partial charge in [-0.05, 0) is 40.2 Å². The highest BCUT2D eigenvalue weighted by Gasteiger charge is 2.16. The van der Waals surface area contributed by atoms with E-state index >= 15 is 0 Å². The van der Waals surface area contributed by atoms with E-state index < -0.39 is 0 Å². The fraction of sp³-hybridized carbons (Fsp3) is 0. The number of rotatable bonds is 2. The van der Waals surface area contributed by atoms with Crippen molar-refractivity contribution in [2.75, 3.05) is 0 Å². The van der Waals surface area contributed by atoms with E-state index in [9.17, 15) is 4.79 Å². The van der Waals surface area contributed by atoms with E-state index in [1.807, 2.05) is 0 Å². The zero-order valence-electron chi connectivity index (χ0n) is 7.84. The van der Waals surface area contributed by atoms with Crippen molar-refractivity contribution in [3.8, 4) is 0 Å². The minimum absolute atomic E-state index is 0.235. The van der Waals surface area contributed by atoms with E-state index in [1.54, 1.807) is 24.3 Å². The van der Waals surface area contributed by atoms with Crippen molar-refractivity contribution in [2.45, 2.75) is 0 Å². The SMILES string of the molecule is O=C(c1cc(Cl)cc(Cl)c1)c1occc1Br. The van der Waals surface area contributed by atoms with E-state index in [1.165, 1.54) is 6.26 Å². The van der Waals surface area contributed by atoms with E-state index in [0.29, 0.717) is 20.1 Å². The van der Waals surface area contributed by atoms with Gasteiger partial charge >= 0.3 is 0 Å². The third kappa shape index (κ3) is 2.32. The highest BCUT2D eigenvalue weighted by molar-refractivity contribution is 9.10. The second-order valence-electron chi connectivity index (χ2n) is 3.08. The van der Waals surface area contributed by atoms with Crippen molar-refractivity contribution in [3.05, 3.63) is 56.4 Å². The van der Waals surface area contributed by atoms with Crippen LogP contribution in [-0.2, 0) is 0 Å². The molecule has 0 N–H and O–H groups in total. The molecule has 16 heavy (non-hydrogen) atoms. The molecule has 2 nitrogen and oxygen atoms in total. The average Bonchev–Trinajstić information content (AvgIpc) is 2.62. The maximum atomic E-state index is 12.0. The molecule has 0 bridgehead atoms. The third-order valence-corrected chi connectivity index (χ3v) is 3.01. The average molecular weight is 320 g/mol. The summed E-state index contributed by atoms with van der Waals surface area (Å²) in [6.45, 7) is 0. The van der Waals surface area contributed by atoms with Crippen LogP contribution in [0.25, 0.3) is 0 Å². The maximum absolute atomic E-state index is 12.0. The molecule has 0 spiro atoms. The summed E-state index contributed by atoms with van der Waals surface area (Å²) in [4.78, 5) is 12.0. The van der Waals surface area contributed by atoms with Crippen LogP contribution in [0.5, 0.6) is 0 Å². The van der Waals surface area contributed by atoms with E-state index in [2.05, 4.69) is 15.9 Å². The van der Waals surface area contributed by atoms with Crippen LogP contribution in [0.3, 0.4) is 0 Å². The van der Waals surface area contributed by atoms with E-state index in [0.717, 1.165) is 0 Å². The molecule has 82 valence electrons. The van der Waals surface area contributed by atoms with Crippen LogP contribution in [0.15, 0.2) is 39.4 Å². The van der Waals surface area contributed by atoms with Gasteiger partial charge in [-0.2, -0.15) is 0 Å². The Bertz CT molecular complexity index is 528. The lowest BCUT2D eigenvalue weighted by Crippen LogP contribution is -2.00. The van der Waals surface area contributed by atoms with Crippen molar-refractivity contribution >= 4 is 44.9 Å². The Morgan fingerprint density at radius 1 is 1.19 bits per heavy atom. The summed E-state index contributed by atoms with van der Waals surface area (Å²) in [5.74, 6) is -0.0281. The number of furan rings is 1. The van der Waals surface area contributed by atoms with Crippen LogP contribution in [0.2, 0.25) is 10.0 Å². The Hall–Kier alpha value is -0.770. The standard InChI is InChI=1S/C11H5BrCl2O2/c12-9-1-2-16-11(9)10(15)6-3-7(13)5-8(14)4-6/h1-5H. The van der Waals surface area contributed by atoms with Gasteiger partial charge < -0.3 is 4.42 Å². The Labute approximate surface area is 110 Å². The predicted molar refractivity (Wildman–Crippen MR) is 66.3 cm³/mol. The van der Waals surface area contributed by atoms with Crippen LogP contribution in [0.1, 0.15) is 16.1 Å². The summed E-state index contributed by atoms with van der Waals surface area (Å²) < 4.78 is 5.68. The van der Waals surface area contributed by atoms with Crippen molar-refractivity contribution < 1.29 is 9.21 Å². The van der Waals surface area contributed by atoms with Gasteiger partial charge in [0.05, 0.1) is 10.7 Å². The van der Waals surface area contributed by atoms with Gasteiger partial charge in [0, 0.05) is 15.6 Å². The summed E-state index contributed by atoms with van der Waals surface area (Å²) in [7, 11) is 0. The molecule has 0 aliphatic heterocycles. The first-order valence-electron chi connectivity index (χ1n) is 4.31. The normalized spacial score (nSPS) is 10.4. The van der Waals surface area contributed by atoms with Crippen LogP contribution in [-0.4, -0.2) is 5.78 Å². The van der Waals surface area contributed by atoms with Crippen molar-refractivity contribution in [2.24, 2.45) is 0 Å². The largest absolute Gasteiger partial charge is 0.460 e. The molecule has 5 heteroatoms. The van der Waals surface area contributed by atoms with Crippen LogP contribution < -0.4 is 0 Å². The number of hydrogen-bond donors (Lipinski definition) is 0. The zero-order chi connectivity index (χ0) is 11.7. The zero-order valence-corrected chi connectivity index (χ0v) is 10.9. The Balaban J connectivity index is 2.45. The Kier molecular flexibility index (Phi) is 3.38. The number of carbonyl (C=O) groups excluding carboxylic acids is 1. The van der Waals surface area contributed by atoms with Crippen molar-refractivity contribution in [3.63, 3.8) is 0 Å². The van der Waals surface area contributed by atoms with Gasteiger partial charge in [0.1, 0.15) is 0 Å². The predicted octanol–water partition coefficient (Wildman–Crippen LogP) is 4.58. The van der Waals surface area contributed by atoms with Crippen molar-refractivity contribution in [1.29, 1.82) is 0 Å². The first kappa shape index (κ1) is 11.7. The smallest absolute Gasteiger partial charge is 0.229 e. The molecule has 2 rings (SSSR count). The number of halogens is 3. The molecule has 1 heterocycles. The van der Waals surface area contributed by atoms with Crippen LogP contribution in [0.4, 0.5) is 0 Å². The first-order chi connectivity index (χ1) is 7.58. The fourth-order valence-corrected chi connectivity index (χ4v) is 2.18. The summed E-state index contributed by atoms with van der Waals surface area (Å²) in [6.07, 6.45) is 1.43. The molecule has 0 radical (unpaired) electrons. The Morgan fingerprint density at radius 2 is 1.81 bits per heavy atom. The van der Waals surface area contributed by atoms with Gasteiger partial charge in [-0.1, -0.05) is 23.2 Å². The van der Waals surface area contributed by atoms with Gasteiger partial charge in [-0.3, -0.25) is 4.79 Å². The van der Waals surface area contributed by atoms with Gasteiger partial charge in [0.25, 0.3) is 0 Å². The fourth-order valence-electron chi connectivity index (χ4n) is 1.27. The molecule has 1 aromatic carbocycles. The van der Waals surface area contributed by atoms with Gasteiger partial charge in [-0.25, -0.2) is 0 Å². The van der Waals surface area contributed by atoms with Crippen LogP contribution >= 0.6 is 39.1 Å². The van der Waals surface area contributed by atoms with Crippen molar-refractivity contribution in [1.82, 2.24) is 0 Å². The quantitative estimate of drug-likeness (QED) is 0.758. The summed E-state index contributed by atoms with van der Waals surface area (Å²) >= 11 is 14.9. The molecule has 0 fully saturated rings. The molecule has 2 aromatic rings. The molecule has 0 saturated carbocycles. The molecule has 0 amide bonds. The minimum Gasteiger partial charge on any atom is -0.460 e. The molecule has 1 aromatic heterocycles. The second kappa shape index (κ2) is 4.62. The summed E-state index contributed by atoms with van der Waals surface area (Å²) in [5.41, 5.74) is 0.396. The van der Waals surface area contributed by atoms with Gasteiger partial charge in [0.15, 0.2) is 5.76 Å². The van der Waals surface area contributed by atoms with Crippen LogP contribution in [0, 0.1) is 0 Å². The highest BCUT2D eigenvalue weighted by Crippen LogP contribution is 2.25. The maximum Gasteiger partial charge on any atom is 0.229 e. The third-order valence-electron chi connectivity index (χ3n) is 1.95. The highest BCUT2D eigenvalue weighted by atomic mass is 79.9. The van der Waals surface area contributed by atoms with Gasteiger partial charge in [0.2, 0.25) is 5.78 Å². The molecular weight excluding hydrogens is 315 g/mol. The topological polar surface area (TPSA) is 30.2 Å². The number of benzene rings is 1. The summed E-state index contributed by atoms with van der Waals surface area (Å²) in [5, 5.41) is 0.831. The van der Waals surface area contributed by atoms with Gasteiger partial charge in [-0.15, -0.1) is 0 Å². The Morgan fingerprint density at radius 3 is 2.31 bits per heavy atom. The number of hydrogen-bond acceptors (Lipinski definition) is 2. The van der Waals surface area contributed by atoms with E-state index in [-0.39, 0.29) is 11.5 Å². The second-order valence-corrected chi connectivity index (χ2v) is 4.81. The summed E-state index contributed by atoms with van der Waals surface area (Å²) in [6, 6.07) is 6.31. The lowest BCUT2D eigenvalue weighted by Gasteiger charge is -2.00. The number of carbonyl (C=O) groups is 1. The molecule has 0 aliphatic carbocycles. The monoisotopic (exact) mass is 318 g/mol. The van der Waals surface area contributed by atoms with E-state index in [4.69, 9.17) is 27.6 Å². The molecule has 0 aliphatic rings. The lowest BCUT2D eigenvalue weighted by atomic mass is 10.1. The molecule has 0 saturated heterocycles. The molecule has 0 atom stereocenters. The lowest BCUT2D eigenvalue weighted by molar-refractivity contribution is 0.101. The number of ketones is 1. The minimum atomic E-state index is -0.263. The molecule has 0 unspecified atom stereocenters. The first-order valence-corrected chi connectivity index (χ1v) is 5.86. The molecular formula is C11H5BrCl2O2.